The number of fused-ring (bicyclic) bond motifs is 1. The Kier molecular flexibility index (Phi) is 3.02. The van der Waals surface area contributed by atoms with Gasteiger partial charge in [-0.25, -0.2) is 4.39 Å². The van der Waals surface area contributed by atoms with E-state index >= 15 is 0 Å². The molecule has 1 amide bonds. The zero-order valence-corrected chi connectivity index (χ0v) is 10.7. The normalized spacial score (nSPS) is 13.8. The highest BCUT2D eigenvalue weighted by Gasteiger charge is 2.26. The Morgan fingerprint density at radius 3 is 2.85 bits per heavy atom. The fraction of sp³-hybridized carbons (Fsp3) is 0.133. The van der Waals surface area contributed by atoms with Crippen LogP contribution in [-0.4, -0.2) is 12.5 Å². The van der Waals surface area contributed by atoms with Crippen molar-refractivity contribution < 1.29 is 13.9 Å². The van der Waals surface area contributed by atoms with E-state index in [1.807, 2.05) is 12.1 Å². The highest BCUT2D eigenvalue weighted by Crippen LogP contribution is 2.33. The Morgan fingerprint density at radius 1 is 1.20 bits per heavy atom. The molecular formula is C15H13FN2O2. The van der Waals surface area contributed by atoms with Gasteiger partial charge in [-0.2, -0.15) is 0 Å². The van der Waals surface area contributed by atoms with Gasteiger partial charge in [-0.1, -0.05) is 24.3 Å². The van der Waals surface area contributed by atoms with Gasteiger partial charge >= 0.3 is 0 Å². The number of carbonyl (C=O) groups is 1. The van der Waals surface area contributed by atoms with E-state index < -0.39 is 5.82 Å². The van der Waals surface area contributed by atoms with Crippen molar-refractivity contribution in [2.75, 3.05) is 17.2 Å². The van der Waals surface area contributed by atoms with E-state index in [9.17, 15) is 9.18 Å². The minimum atomic E-state index is -0.482. The first-order valence-corrected chi connectivity index (χ1v) is 6.22. The summed E-state index contributed by atoms with van der Waals surface area (Å²) in [6.45, 7) is 0.0943. The first-order valence-electron chi connectivity index (χ1n) is 6.22. The largest absolute Gasteiger partial charge is 0.482 e. The van der Waals surface area contributed by atoms with Crippen LogP contribution in [-0.2, 0) is 11.3 Å². The summed E-state index contributed by atoms with van der Waals surface area (Å²) in [5.74, 6) is -0.0637. The summed E-state index contributed by atoms with van der Waals surface area (Å²) in [5, 5.41) is 0. The summed E-state index contributed by atoms with van der Waals surface area (Å²) < 4.78 is 19.3. The van der Waals surface area contributed by atoms with E-state index in [-0.39, 0.29) is 24.7 Å². The topological polar surface area (TPSA) is 55.6 Å². The van der Waals surface area contributed by atoms with E-state index in [0.29, 0.717) is 17.0 Å². The van der Waals surface area contributed by atoms with Crippen molar-refractivity contribution in [3.63, 3.8) is 0 Å². The molecule has 2 N–H and O–H groups in total. The van der Waals surface area contributed by atoms with Crippen LogP contribution in [0.4, 0.5) is 15.8 Å². The molecule has 0 bridgehead atoms. The van der Waals surface area contributed by atoms with Gasteiger partial charge in [0.1, 0.15) is 5.75 Å². The molecule has 1 heterocycles. The Balaban J connectivity index is 1.98. The monoisotopic (exact) mass is 272 g/mol. The first kappa shape index (κ1) is 12.5. The highest BCUT2D eigenvalue weighted by atomic mass is 19.1. The van der Waals surface area contributed by atoms with Crippen LogP contribution in [0.25, 0.3) is 0 Å². The number of rotatable bonds is 2. The summed E-state index contributed by atoms with van der Waals surface area (Å²) in [5.41, 5.74) is 6.66. The molecule has 3 rings (SSSR count). The number of benzene rings is 2. The van der Waals surface area contributed by atoms with Crippen LogP contribution >= 0.6 is 0 Å². The number of ether oxygens (including phenoxy) is 1. The highest BCUT2D eigenvalue weighted by molar-refractivity contribution is 5.97. The molecule has 5 heteroatoms. The van der Waals surface area contributed by atoms with Crippen molar-refractivity contribution >= 4 is 17.3 Å². The van der Waals surface area contributed by atoms with Gasteiger partial charge in [-0.15, -0.1) is 0 Å². The van der Waals surface area contributed by atoms with Crippen molar-refractivity contribution in [2.24, 2.45) is 0 Å². The molecule has 0 saturated heterocycles. The maximum atomic E-state index is 14.0. The van der Waals surface area contributed by atoms with Crippen molar-refractivity contribution in [1.82, 2.24) is 0 Å². The maximum absolute atomic E-state index is 14.0. The second kappa shape index (κ2) is 4.85. The quantitative estimate of drug-likeness (QED) is 0.854. The summed E-state index contributed by atoms with van der Waals surface area (Å²) in [7, 11) is 0. The number of carbonyl (C=O) groups excluding carboxylic acids is 1. The number of anilines is 2. The summed E-state index contributed by atoms with van der Waals surface area (Å²) in [4.78, 5) is 13.5. The number of hydrogen-bond acceptors (Lipinski definition) is 3. The van der Waals surface area contributed by atoms with E-state index in [1.54, 1.807) is 24.3 Å². The molecule has 0 aliphatic carbocycles. The second-order valence-electron chi connectivity index (χ2n) is 4.56. The summed E-state index contributed by atoms with van der Waals surface area (Å²) in [6, 6.07) is 12.0. The first-order chi connectivity index (χ1) is 9.66. The van der Waals surface area contributed by atoms with Gasteiger partial charge in [0.2, 0.25) is 0 Å². The van der Waals surface area contributed by atoms with Crippen molar-refractivity contribution in [1.29, 1.82) is 0 Å². The van der Waals surface area contributed by atoms with Crippen LogP contribution < -0.4 is 15.4 Å². The molecule has 20 heavy (non-hydrogen) atoms. The van der Waals surface area contributed by atoms with Crippen molar-refractivity contribution in [2.45, 2.75) is 6.54 Å². The Labute approximate surface area is 115 Å². The van der Waals surface area contributed by atoms with Crippen LogP contribution in [0.15, 0.2) is 42.5 Å². The molecule has 0 radical (unpaired) electrons. The standard InChI is InChI=1S/C15H13FN2O2/c16-15-10(4-3-5-11(15)17)8-18-12-6-1-2-7-13(12)20-9-14(18)19/h1-7H,8-9,17H2. The van der Waals surface area contributed by atoms with Crippen LogP contribution in [0, 0.1) is 5.82 Å². The smallest absolute Gasteiger partial charge is 0.265 e. The van der Waals surface area contributed by atoms with E-state index in [2.05, 4.69) is 0 Å². The zero-order valence-electron chi connectivity index (χ0n) is 10.7. The fourth-order valence-electron chi connectivity index (χ4n) is 2.22. The number of halogens is 1. The lowest BCUT2D eigenvalue weighted by atomic mass is 10.1. The third-order valence-corrected chi connectivity index (χ3v) is 3.25. The Hall–Kier alpha value is -2.56. The maximum Gasteiger partial charge on any atom is 0.265 e. The molecule has 0 unspecified atom stereocenters. The number of amides is 1. The molecule has 1 aliphatic rings. The number of para-hydroxylation sites is 2. The van der Waals surface area contributed by atoms with Crippen molar-refractivity contribution in [3.05, 3.63) is 53.8 Å². The average molecular weight is 272 g/mol. The summed E-state index contributed by atoms with van der Waals surface area (Å²) in [6.07, 6.45) is 0. The predicted octanol–water partition coefficient (Wildman–Crippen LogP) is 2.33. The van der Waals surface area contributed by atoms with Gasteiger partial charge in [0.05, 0.1) is 17.9 Å². The minimum absolute atomic E-state index is 0.0407. The Bertz CT molecular complexity index is 673. The average Bonchev–Trinajstić information content (AvgIpc) is 2.46. The van der Waals surface area contributed by atoms with E-state index in [4.69, 9.17) is 10.5 Å². The third kappa shape index (κ3) is 2.07. The zero-order chi connectivity index (χ0) is 14.1. The third-order valence-electron chi connectivity index (χ3n) is 3.25. The molecule has 0 fully saturated rings. The fourth-order valence-corrected chi connectivity index (χ4v) is 2.22. The van der Waals surface area contributed by atoms with Gasteiger partial charge in [0, 0.05) is 5.56 Å². The lowest BCUT2D eigenvalue weighted by Crippen LogP contribution is -2.38. The Morgan fingerprint density at radius 2 is 2.00 bits per heavy atom. The second-order valence-corrected chi connectivity index (χ2v) is 4.56. The van der Waals surface area contributed by atoms with Crippen LogP contribution in [0.5, 0.6) is 5.75 Å². The van der Waals surface area contributed by atoms with Gasteiger partial charge < -0.3 is 15.4 Å². The predicted molar refractivity (Wildman–Crippen MR) is 73.9 cm³/mol. The molecule has 102 valence electrons. The molecule has 0 atom stereocenters. The van der Waals surface area contributed by atoms with Gasteiger partial charge in [-0.05, 0) is 18.2 Å². The molecule has 0 spiro atoms. The lowest BCUT2D eigenvalue weighted by Gasteiger charge is -2.29. The molecule has 1 aliphatic heterocycles. The number of nitrogens with two attached hydrogens (primary N) is 1. The van der Waals surface area contributed by atoms with Crippen LogP contribution in [0.3, 0.4) is 0 Å². The molecular weight excluding hydrogens is 259 g/mol. The summed E-state index contributed by atoms with van der Waals surface area (Å²) >= 11 is 0. The molecule has 0 saturated carbocycles. The SMILES string of the molecule is Nc1cccc(CN2C(=O)COc3ccccc32)c1F. The molecule has 4 nitrogen and oxygen atoms in total. The number of nitrogens with zero attached hydrogens (tertiary/aromatic N) is 1. The van der Waals surface area contributed by atoms with Crippen LogP contribution in [0.2, 0.25) is 0 Å². The number of nitrogen functional groups attached to an aromatic ring is 1. The minimum Gasteiger partial charge on any atom is -0.482 e. The molecule has 2 aromatic rings. The lowest BCUT2D eigenvalue weighted by molar-refractivity contribution is -0.121. The van der Waals surface area contributed by atoms with Crippen LogP contribution in [0.1, 0.15) is 5.56 Å². The van der Waals surface area contributed by atoms with E-state index in [0.717, 1.165) is 0 Å². The van der Waals surface area contributed by atoms with Gasteiger partial charge in [0.25, 0.3) is 5.91 Å². The van der Waals surface area contributed by atoms with Crippen molar-refractivity contribution in [3.8, 4) is 5.75 Å². The molecule has 0 aromatic heterocycles. The molecule has 2 aromatic carbocycles. The van der Waals surface area contributed by atoms with E-state index in [1.165, 1.54) is 11.0 Å². The van der Waals surface area contributed by atoms with Gasteiger partial charge in [0.15, 0.2) is 12.4 Å². The van der Waals surface area contributed by atoms with Gasteiger partial charge in [-0.3, -0.25) is 4.79 Å². The number of hydrogen-bond donors (Lipinski definition) is 1.